The maximum absolute atomic E-state index is 5.60. The highest BCUT2D eigenvalue weighted by atomic mass is 32.1. The number of hydrogen-bond acceptors (Lipinski definition) is 3. The molecule has 13 heavy (non-hydrogen) atoms. The first kappa shape index (κ1) is 10.7. The van der Waals surface area contributed by atoms with Crippen molar-refractivity contribution in [3.63, 3.8) is 0 Å². The van der Waals surface area contributed by atoms with Crippen LogP contribution >= 0.6 is 11.3 Å². The van der Waals surface area contributed by atoms with Gasteiger partial charge in [0.25, 0.3) is 0 Å². The van der Waals surface area contributed by atoms with Crippen LogP contribution in [-0.4, -0.2) is 13.1 Å². The van der Waals surface area contributed by atoms with Gasteiger partial charge in [-0.15, -0.1) is 11.3 Å². The minimum absolute atomic E-state index is 0.448. The highest BCUT2D eigenvalue weighted by Gasteiger charge is 2.07. The van der Waals surface area contributed by atoms with Crippen molar-refractivity contribution >= 4 is 11.3 Å². The molecule has 0 saturated heterocycles. The zero-order chi connectivity index (χ0) is 9.68. The van der Waals surface area contributed by atoms with E-state index in [1.807, 2.05) is 11.3 Å². The van der Waals surface area contributed by atoms with Crippen LogP contribution in [0.5, 0.6) is 0 Å². The van der Waals surface area contributed by atoms with Gasteiger partial charge in [0.2, 0.25) is 0 Å². The van der Waals surface area contributed by atoms with Gasteiger partial charge in [0.1, 0.15) is 0 Å². The maximum Gasteiger partial charge on any atom is 0.00519 e. The minimum atomic E-state index is 0.448. The van der Waals surface area contributed by atoms with Crippen molar-refractivity contribution in [3.05, 3.63) is 21.9 Å². The third-order valence-corrected chi connectivity index (χ3v) is 3.47. The second kappa shape index (κ2) is 5.37. The van der Waals surface area contributed by atoms with E-state index in [0.29, 0.717) is 19.0 Å². The third-order valence-electron chi connectivity index (χ3n) is 2.22. The standard InChI is InChI=1S/C10H18N2S/c1-2-9-3-4-10(13-9)5-8(6-11)7-12/h3-4,8H,2,5-7,11-12H2,1H3. The average Bonchev–Trinajstić information content (AvgIpc) is 2.61. The fourth-order valence-electron chi connectivity index (χ4n) is 1.27. The lowest BCUT2D eigenvalue weighted by Gasteiger charge is -2.09. The smallest absolute Gasteiger partial charge is 0.00519 e. The molecule has 1 aromatic heterocycles. The SMILES string of the molecule is CCc1ccc(CC(CN)CN)s1. The molecule has 0 aliphatic carbocycles. The average molecular weight is 198 g/mol. The first-order valence-electron chi connectivity index (χ1n) is 4.77. The Morgan fingerprint density at radius 3 is 2.31 bits per heavy atom. The second-order valence-corrected chi connectivity index (χ2v) is 4.52. The zero-order valence-corrected chi connectivity index (χ0v) is 8.94. The summed E-state index contributed by atoms with van der Waals surface area (Å²) in [5.74, 6) is 0.448. The summed E-state index contributed by atoms with van der Waals surface area (Å²) in [4.78, 5) is 2.86. The quantitative estimate of drug-likeness (QED) is 0.751. The van der Waals surface area contributed by atoms with Crippen LogP contribution in [0.1, 0.15) is 16.7 Å². The van der Waals surface area contributed by atoms with E-state index >= 15 is 0 Å². The maximum atomic E-state index is 5.60. The fraction of sp³-hybridized carbons (Fsp3) is 0.600. The van der Waals surface area contributed by atoms with Crippen molar-refractivity contribution in [2.24, 2.45) is 17.4 Å². The van der Waals surface area contributed by atoms with E-state index in [1.54, 1.807) is 0 Å². The van der Waals surface area contributed by atoms with Gasteiger partial charge in [-0.3, -0.25) is 0 Å². The molecule has 74 valence electrons. The van der Waals surface area contributed by atoms with Crippen molar-refractivity contribution in [2.75, 3.05) is 13.1 Å². The molecule has 0 radical (unpaired) electrons. The fourth-order valence-corrected chi connectivity index (χ4v) is 2.34. The molecule has 1 aromatic rings. The van der Waals surface area contributed by atoms with E-state index in [-0.39, 0.29) is 0 Å². The van der Waals surface area contributed by atoms with Crippen molar-refractivity contribution in [2.45, 2.75) is 19.8 Å². The van der Waals surface area contributed by atoms with E-state index in [0.717, 1.165) is 12.8 Å². The monoisotopic (exact) mass is 198 g/mol. The summed E-state index contributed by atoms with van der Waals surface area (Å²) >= 11 is 1.88. The molecule has 2 nitrogen and oxygen atoms in total. The van der Waals surface area contributed by atoms with Crippen LogP contribution in [0.3, 0.4) is 0 Å². The highest BCUT2D eigenvalue weighted by molar-refractivity contribution is 7.11. The van der Waals surface area contributed by atoms with E-state index < -0.39 is 0 Å². The van der Waals surface area contributed by atoms with Crippen molar-refractivity contribution < 1.29 is 0 Å². The molecule has 0 aliphatic rings. The van der Waals surface area contributed by atoms with Crippen LogP contribution in [0.2, 0.25) is 0 Å². The summed E-state index contributed by atoms with van der Waals surface area (Å²) in [6, 6.07) is 4.39. The molecule has 3 heteroatoms. The Bertz CT molecular complexity index is 241. The molecule has 0 atom stereocenters. The number of rotatable bonds is 5. The summed E-state index contributed by atoms with van der Waals surface area (Å²) in [6.45, 7) is 3.56. The van der Waals surface area contributed by atoms with Gasteiger partial charge in [-0.05, 0) is 44.0 Å². The Morgan fingerprint density at radius 2 is 1.85 bits per heavy atom. The lowest BCUT2D eigenvalue weighted by atomic mass is 10.1. The van der Waals surface area contributed by atoms with Gasteiger partial charge in [0.05, 0.1) is 0 Å². The molecular weight excluding hydrogens is 180 g/mol. The van der Waals surface area contributed by atoms with Gasteiger partial charge >= 0.3 is 0 Å². The van der Waals surface area contributed by atoms with Crippen molar-refractivity contribution in [1.29, 1.82) is 0 Å². The van der Waals surface area contributed by atoms with Gasteiger partial charge in [-0.2, -0.15) is 0 Å². The first-order chi connectivity index (χ1) is 6.30. The van der Waals surface area contributed by atoms with Crippen molar-refractivity contribution in [1.82, 2.24) is 0 Å². The predicted molar refractivity (Wildman–Crippen MR) is 59.0 cm³/mol. The van der Waals surface area contributed by atoms with Crippen LogP contribution in [0.15, 0.2) is 12.1 Å². The number of thiophene rings is 1. The van der Waals surface area contributed by atoms with E-state index in [4.69, 9.17) is 11.5 Å². The normalized spacial score (nSPS) is 11.1. The van der Waals surface area contributed by atoms with Crippen LogP contribution < -0.4 is 11.5 Å². The van der Waals surface area contributed by atoms with Gasteiger partial charge < -0.3 is 11.5 Å². The second-order valence-electron chi connectivity index (χ2n) is 3.26. The van der Waals surface area contributed by atoms with E-state index in [1.165, 1.54) is 9.75 Å². The van der Waals surface area contributed by atoms with E-state index in [2.05, 4.69) is 19.1 Å². The molecule has 0 aromatic carbocycles. The summed E-state index contributed by atoms with van der Waals surface area (Å²) < 4.78 is 0. The van der Waals surface area contributed by atoms with Crippen LogP contribution in [0, 0.1) is 5.92 Å². The molecule has 4 N–H and O–H groups in total. The van der Waals surface area contributed by atoms with Crippen LogP contribution in [0.4, 0.5) is 0 Å². The Kier molecular flexibility index (Phi) is 4.42. The first-order valence-corrected chi connectivity index (χ1v) is 5.59. The van der Waals surface area contributed by atoms with Gasteiger partial charge in [0, 0.05) is 9.75 Å². The highest BCUT2D eigenvalue weighted by Crippen LogP contribution is 2.19. The largest absolute Gasteiger partial charge is 0.330 e. The van der Waals surface area contributed by atoms with Crippen LogP contribution in [0.25, 0.3) is 0 Å². The summed E-state index contributed by atoms with van der Waals surface area (Å²) in [6.07, 6.45) is 2.16. The number of aryl methyl sites for hydroxylation is 1. The zero-order valence-electron chi connectivity index (χ0n) is 8.12. The Balaban J connectivity index is 2.52. The molecule has 0 saturated carbocycles. The molecule has 0 fully saturated rings. The van der Waals surface area contributed by atoms with Gasteiger partial charge in [-0.1, -0.05) is 6.92 Å². The molecule has 1 rings (SSSR count). The van der Waals surface area contributed by atoms with E-state index in [9.17, 15) is 0 Å². The lowest BCUT2D eigenvalue weighted by Crippen LogP contribution is -2.24. The predicted octanol–water partition coefficient (Wildman–Crippen LogP) is 1.39. The topological polar surface area (TPSA) is 52.0 Å². The third kappa shape index (κ3) is 3.10. The van der Waals surface area contributed by atoms with Crippen LogP contribution in [-0.2, 0) is 12.8 Å². The number of hydrogen-bond donors (Lipinski definition) is 2. The van der Waals surface area contributed by atoms with Gasteiger partial charge in [0.15, 0.2) is 0 Å². The molecule has 0 unspecified atom stereocenters. The van der Waals surface area contributed by atoms with Crippen molar-refractivity contribution in [3.8, 4) is 0 Å². The summed E-state index contributed by atoms with van der Waals surface area (Å²) in [5.41, 5.74) is 11.2. The Morgan fingerprint density at radius 1 is 1.23 bits per heavy atom. The molecular formula is C10H18N2S. The molecule has 0 bridgehead atoms. The minimum Gasteiger partial charge on any atom is -0.330 e. The Labute approximate surface area is 83.9 Å². The lowest BCUT2D eigenvalue weighted by molar-refractivity contribution is 0.552. The summed E-state index contributed by atoms with van der Waals surface area (Å²) in [5, 5.41) is 0. The van der Waals surface area contributed by atoms with Gasteiger partial charge in [-0.25, -0.2) is 0 Å². The number of nitrogens with two attached hydrogens (primary N) is 2. The molecule has 0 aliphatic heterocycles. The summed E-state index contributed by atoms with van der Waals surface area (Å²) in [7, 11) is 0. The molecule has 1 heterocycles. The Hall–Kier alpha value is -0.380. The molecule has 0 spiro atoms. The molecule has 0 amide bonds.